The number of rotatable bonds is 10. The number of furan rings is 1. The third-order valence-corrected chi connectivity index (χ3v) is 8.57. The van der Waals surface area contributed by atoms with Crippen LogP contribution in [0.5, 0.6) is 5.88 Å². The highest BCUT2D eigenvalue weighted by atomic mass is 32.2. The number of benzene rings is 2. The number of alkyl halides is 1. The molecule has 4 heterocycles. The number of fused-ring (bicyclic) bond motifs is 1. The maximum absolute atomic E-state index is 15.6. The predicted octanol–water partition coefficient (Wildman–Crippen LogP) is 7.09. The van der Waals surface area contributed by atoms with Crippen LogP contribution < -0.4 is 10.5 Å². The van der Waals surface area contributed by atoms with E-state index in [9.17, 15) is 4.79 Å². The summed E-state index contributed by atoms with van der Waals surface area (Å²) in [4.78, 5) is 21.6. The monoisotopic (exact) mass is 627 g/mol. The molecule has 9 nitrogen and oxygen atoms in total. The molecule has 6 rings (SSSR count). The van der Waals surface area contributed by atoms with Gasteiger partial charge in [-0.2, -0.15) is 5.10 Å². The summed E-state index contributed by atoms with van der Waals surface area (Å²) < 4.78 is 32.7. The van der Waals surface area contributed by atoms with Crippen molar-refractivity contribution in [1.82, 2.24) is 15.0 Å². The summed E-state index contributed by atoms with van der Waals surface area (Å²) in [6.07, 6.45) is 3.02. The lowest BCUT2D eigenvalue weighted by Crippen LogP contribution is -2.38. The number of ether oxygens (including phenoxy) is 2. The minimum Gasteiger partial charge on any atom is -0.471 e. The maximum atomic E-state index is 15.6. The zero-order valence-electron chi connectivity index (χ0n) is 23.5. The molecule has 0 radical (unpaired) electrons. The molecule has 5 aromatic rings. The molecule has 1 atom stereocenters. The van der Waals surface area contributed by atoms with Crippen molar-refractivity contribution in [2.24, 2.45) is 10.8 Å². The molecule has 3 aromatic heterocycles. The molecular formula is C32H26FN5O4S2. The second-order valence-corrected chi connectivity index (χ2v) is 11.8. The van der Waals surface area contributed by atoms with Gasteiger partial charge >= 0.3 is 5.97 Å². The fourth-order valence-corrected chi connectivity index (χ4v) is 5.81. The average molecular weight is 628 g/mol. The first-order chi connectivity index (χ1) is 21.3. The number of thioether (sulfide) groups is 1. The quantitative estimate of drug-likeness (QED) is 0.162. The molecule has 0 saturated carbocycles. The number of carbonyl (C=O) groups is 1. The maximum Gasteiger partial charge on any atom is 0.350 e. The first kappa shape index (κ1) is 29.1. The van der Waals surface area contributed by atoms with E-state index in [-0.39, 0.29) is 24.0 Å². The van der Waals surface area contributed by atoms with E-state index in [0.29, 0.717) is 27.6 Å². The van der Waals surface area contributed by atoms with Gasteiger partial charge in [0, 0.05) is 23.2 Å². The highest BCUT2D eigenvalue weighted by molar-refractivity contribution is 8.17. The number of aromatic nitrogens is 2. The largest absolute Gasteiger partial charge is 0.471 e. The number of carbonyl (C=O) groups excluding carboxylic acids is 1. The molecule has 12 heteroatoms. The molecule has 0 fully saturated rings. The van der Waals surface area contributed by atoms with E-state index in [4.69, 9.17) is 19.6 Å². The summed E-state index contributed by atoms with van der Waals surface area (Å²) >= 11 is 2.46. The molecule has 1 aliphatic heterocycles. The van der Waals surface area contributed by atoms with E-state index in [1.807, 2.05) is 53.9 Å². The van der Waals surface area contributed by atoms with E-state index in [0.717, 1.165) is 40.5 Å². The second-order valence-electron chi connectivity index (χ2n) is 9.83. The highest BCUT2D eigenvalue weighted by Gasteiger charge is 2.45. The Hall–Kier alpha value is -4.94. The lowest BCUT2D eigenvalue weighted by atomic mass is 10.1. The Bertz CT molecular complexity index is 1890. The lowest BCUT2D eigenvalue weighted by Gasteiger charge is -2.17. The molecular weight excluding hydrogens is 602 g/mol. The van der Waals surface area contributed by atoms with Gasteiger partial charge in [-0.15, -0.1) is 11.3 Å². The number of nitrogens with zero attached hydrogens (tertiary/aromatic N) is 4. The van der Waals surface area contributed by atoms with Crippen LogP contribution >= 0.6 is 23.1 Å². The SMILES string of the molecule is C=C1SC(C(C)(F)C(=O)OCc2ccccc2)=NN1/C=C(\N)c1cc2c(OCc3csc(-c4ccccc4)n3)nccc2o1. The van der Waals surface area contributed by atoms with Crippen LogP contribution in [0.15, 0.2) is 112 Å². The predicted molar refractivity (Wildman–Crippen MR) is 170 cm³/mol. The van der Waals surface area contributed by atoms with Crippen LogP contribution in [0.3, 0.4) is 0 Å². The second kappa shape index (κ2) is 12.3. The van der Waals surface area contributed by atoms with Gasteiger partial charge in [0.25, 0.3) is 5.67 Å². The lowest BCUT2D eigenvalue weighted by molar-refractivity contribution is -0.153. The Morgan fingerprint density at radius 3 is 2.66 bits per heavy atom. The van der Waals surface area contributed by atoms with Gasteiger partial charge in [-0.05, 0) is 30.3 Å². The normalized spacial score (nSPS) is 14.9. The first-order valence-electron chi connectivity index (χ1n) is 13.4. The van der Waals surface area contributed by atoms with Crippen LogP contribution in [0.1, 0.15) is 23.9 Å². The summed E-state index contributed by atoms with van der Waals surface area (Å²) in [7, 11) is 0. The van der Waals surface area contributed by atoms with Gasteiger partial charge in [-0.3, -0.25) is 0 Å². The van der Waals surface area contributed by atoms with E-state index in [2.05, 4.69) is 21.6 Å². The van der Waals surface area contributed by atoms with Crippen molar-refractivity contribution >= 4 is 50.8 Å². The number of nitrogens with two attached hydrogens (primary N) is 1. The van der Waals surface area contributed by atoms with Gasteiger partial charge < -0.3 is 19.6 Å². The molecule has 2 aromatic carbocycles. The van der Waals surface area contributed by atoms with Crippen molar-refractivity contribution < 1.29 is 23.1 Å². The summed E-state index contributed by atoms with van der Waals surface area (Å²) in [6.45, 7) is 5.19. The van der Waals surface area contributed by atoms with Crippen molar-refractivity contribution in [2.45, 2.75) is 25.8 Å². The summed E-state index contributed by atoms with van der Waals surface area (Å²) in [5.74, 6) is -0.363. The fraction of sp³-hybridized carbons (Fsp3) is 0.125. The molecule has 1 aliphatic rings. The molecule has 0 spiro atoms. The summed E-state index contributed by atoms with van der Waals surface area (Å²) in [5.41, 5.74) is 7.13. The number of pyridine rings is 1. The van der Waals surface area contributed by atoms with Gasteiger partial charge in [-0.25, -0.2) is 24.2 Å². The highest BCUT2D eigenvalue weighted by Crippen LogP contribution is 2.37. The van der Waals surface area contributed by atoms with Crippen LogP contribution in [0.2, 0.25) is 0 Å². The van der Waals surface area contributed by atoms with E-state index in [1.165, 1.54) is 11.2 Å². The smallest absolute Gasteiger partial charge is 0.350 e. The van der Waals surface area contributed by atoms with Crippen molar-refractivity contribution in [3.8, 4) is 16.5 Å². The zero-order valence-corrected chi connectivity index (χ0v) is 25.1. The Labute approximate surface area is 260 Å². The van der Waals surface area contributed by atoms with Gasteiger partial charge in [0.1, 0.15) is 28.8 Å². The molecule has 0 amide bonds. The molecule has 0 bridgehead atoms. The Balaban J connectivity index is 1.14. The first-order valence-corrected chi connectivity index (χ1v) is 15.1. The Kier molecular flexibility index (Phi) is 8.18. The Morgan fingerprint density at radius 1 is 1.14 bits per heavy atom. The van der Waals surface area contributed by atoms with Crippen LogP contribution in [-0.4, -0.2) is 31.7 Å². The van der Waals surface area contributed by atoms with Crippen molar-refractivity contribution in [1.29, 1.82) is 0 Å². The molecule has 2 N–H and O–H groups in total. The van der Waals surface area contributed by atoms with Gasteiger partial charge in [0.05, 0.1) is 28.0 Å². The van der Waals surface area contributed by atoms with Crippen LogP contribution in [0.4, 0.5) is 4.39 Å². The third-order valence-electron chi connectivity index (χ3n) is 6.55. The number of esters is 1. The molecule has 1 unspecified atom stereocenters. The van der Waals surface area contributed by atoms with Crippen LogP contribution in [0.25, 0.3) is 27.2 Å². The number of thiazole rings is 1. The standard InChI is InChI=1S/C32H26FN5O4S2/c1-20-38(37-30(44-20)32(2,33)31(39)41-17-21-9-5-3-6-10-21)16-25(34)27-15-24-26(42-27)13-14-35-28(24)40-18-23-19-43-29(36-23)22-11-7-4-8-12-22/h3-16,19H,1,17-18,34H2,2H3/b25-16-. The van der Waals surface area contributed by atoms with Gasteiger partial charge in [-0.1, -0.05) is 67.2 Å². The topological polar surface area (TPSA) is 116 Å². The number of hydrogen-bond acceptors (Lipinski definition) is 11. The van der Waals surface area contributed by atoms with E-state index < -0.39 is 11.6 Å². The van der Waals surface area contributed by atoms with Crippen molar-refractivity contribution in [3.05, 3.63) is 119 Å². The van der Waals surface area contributed by atoms with Crippen molar-refractivity contribution in [2.75, 3.05) is 0 Å². The van der Waals surface area contributed by atoms with Gasteiger partial charge in [0.2, 0.25) is 5.88 Å². The van der Waals surface area contributed by atoms with Gasteiger partial charge in [0.15, 0.2) is 5.76 Å². The van der Waals surface area contributed by atoms with E-state index in [1.54, 1.807) is 41.8 Å². The molecule has 222 valence electrons. The van der Waals surface area contributed by atoms with Crippen LogP contribution in [-0.2, 0) is 22.7 Å². The van der Waals surface area contributed by atoms with Crippen molar-refractivity contribution in [3.63, 3.8) is 0 Å². The number of hydrazone groups is 1. The number of halogens is 1. The zero-order chi connectivity index (χ0) is 30.7. The molecule has 44 heavy (non-hydrogen) atoms. The number of hydrogen-bond donors (Lipinski definition) is 1. The average Bonchev–Trinajstić information content (AvgIpc) is 3.79. The third kappa shape index (κ3) is 6.21. The van der Waals surface area contributed by atoms with E-state index >= 15 is 4.39 Å². The van der Waals surface area contributed by atoms with Crippen LogP contribution in [0, 0.1) is 0 Å². The molecule has 0 saturated heterocycles. The minimum absolute atomic E-state index is 0.0558. The Morgan fingerprint density at radius 2 is 1.89 bits per heavy atom. The summed E-state index contributed by atoms with van der Waals surface area (Å²) in [5, 5.41) is 9.24. The summed E-state index contributed by atoms with van der Waals surface area (Å²) in [6, 6.07) is 22.4. The fourth-order valence-electron chi connectivity index (χ4n) is 4.19. The minimum atomic E-state index is -2.49. The molecule has 0 aliphatic carbocycles.